The molecule has 1 fully saturated rings. The van der Waals surface area contributed by atoms with Crippen molar-refractivity contribution in [2.24, 2.45) is 7.05 Å². The van der Waals surface area contributed by atoms with Crippen molar-refractivity contribution in [2.75, 3.05) is 6.61 Å². The summed E-state index contributed by atoms with van der Waals surface area (Å²) in [5, 5.41) is 4.13. The number of hydrogen-bond acceptors (Lipinski definition) is 3. The Morgan fingerprint density at radius 2 is 2.44 bits per heavy atom. The molecule has 0 saturated heterocycles. The lowest BCUT2D eigenvalue weighted by molar-refractivity contribution is -0.0798. The van der Waals surface area contributed by atoms with Gasteiger partial charge in [-0.3, -0.25) is 4.68 Å². The minimum absolute atomic E-state index is 0.0156. The van der Waals surface area contributed by atoms with Crippen molar-refractivity contribution >= 4 is 11.6 Å². The van der Waals surface area contributed by atoms with E-state index in [-0.39, 0.29) is 17.6 Å². The fraction of sp³-hybridized carbons (Fsp3) is 0.727. The minimum Gasteiger partial charge on any atom is -0.484 e. The van der Waals surface area contributed by atoms with Gasteiger partial charge in [-0.25, -0.2) is 0 Å². The SMILES string of the molecule is CCCOC1C(Cl)CC1Oc1cnn(C)c1. The molecule has 5 heteroatoms. The Morgan fingerprint density at radius 3 is 3.00 bits per heavy atom. The van der Waals surface area contributed by atoms with Crippen LogP contribution in [0.4, 0.5) is 0 Å². The van der Waals surface area contributed by atoms with Gasteiger partial charge in [-0.1, -0.05) is 6.92 Å². The van der Waals surface area contributed by atoms with Crippen LogP contribution in [0.3, 0.4) is 0 Å². The van der Waals surface area contributed by atoms with Crippen LogP contribution >= 0.6 is 11.6 Å². The van der Waals surface area contributed by atoms with Gasteiger partial charge >= 0.3 is 0 Å². The first-order chi connectivity index (χ1) is 7.70. The van der Waals surface area contributed by atoms with Crippen LogP contribution in [0.15, 0.2) is 12.4 Å². The van der Waals surface area contributed by atoms with Crippen molar-refractivity contribution in [3.63, 3.8) is 0 Å². The molecule has 1 aromatic heterocycles. The van der Waals surface area contributed by atoms with Gasteiger partial charge in [0.1, 0.15) is 12.2 Å². The van der Waals surface area contributed by atoms with Gasteiger partial charge in [0.05, 0.1) is 17.8 Å². The number of halogens is 1. The highest BCUT2D eigenvalue weighted by Gasteiger charge is 2.42. The third-order valence-electron chi connectivity index (χ3n) is 2.66. The van der Waals surface area contributed by atoms with E-state index in [1.165, 1.54) is 0 Å². The molecule has 16 heavy (non-hydrogen) atoms. The third-order valence-corrected chi connectivity index (χ3v) is 3.09. The smallest absolute Gasteiger partial charge is 0.157 e. The first kappa shape index (κ1) is 11.7. The molecule has 0 aliphatic heterocycles. The highest BCUT2D eigenvalue weighted by atomic mass is 35.5. The van der Waals surface area contributed by atoms with E-state index >= 15 is 0 Å². The Hall–Kier alpha value is -0.740. The molecule has 1 saturated carbocycles. The van der Waals surface area contributed by atoms with Crippen LogP contribution < -0.4 is 4.74 Å². The van der Waals surface area contributed by atoms with Gasteiger partial charge in [0.15, 0.2) is 5.75 Å². The molecule has 0 aromatic carbocycles. The van der Waals surface area contributed by atoms with E-state index in [1.807, 2.05) is 13.2 Å². The second-order valence-corrected chi connectivity index (χ2v) is 4.65. The molecule has 3 atom stereocenters. The molecule has 2 rings (SSSR count). The monoisotopic (exact) mass is 244 g/mol. The molecule has 0 amide bonds. The number of nitrogens with zero attached hydrogens (tertiary/aromatic N) is 2. The van der Waals surface area contributed by atoms with Crippen molar-refractivity contribution in [1.29, 1.82) is 0 Å². The predicted octanol–water partition coefficient (Wildman–Crippen LogP) is 1.97. The summed E-state index contributed by atoms with van der Waals surface area (Å²) in [7, 11) is 1.86. The van der Waals surface area contributed by atoms with Gasteiger partial charge in [-0.15, -0.1) is 11.6 Å². The Bertz CT molecular complexity index is 342. The van der Waals surface area contributed by atoms with Crippen LogP contribution in [0.2, 0.25) is 0 Å². The lowest BCUT2D eigenvalue weighted by Crippen LogP contribution is -2.52. The van der Waals surface area contributed by atoms with E-state index in [2.05, 4.69) is 12.0 Å². The summed E-state index contributed by atoms with van der Waals surface area (Å²) in [6, 6.07) is 0. The number of aryl methyl sites for hydroxylation is 1. The molecule has 1 aliphatic rings. The van der Waals surface area contributed by atoms with Gasteiger partial charge in [0.2, 0.25) is 0 Å². The number of alkyl halides is 1. The summed E-state index contributed by atoms with van der Waals surface area (Å²) < 4.78 is 13.1. The highest BCUT2D eigenvalue weighted by molar-refractivity contribution is 6.21. The molecule has 0 radical (unpaired) electrons. The quantitative estimate of drug-likeness (QED) is 0.743. The van der Waals surface area contributed by atoms with E-state index in [4.69, 9.17) is 21.1 Å². The van der Waals surface area contributed by atoms with Crippen LogP contribution in [0.1, 0.15) is 19.8 Å². The molecular weight excluding hydrogens is 228 g/mol. The van der Waals surface area contributed by atoms with Crippen molar-refractivity contribution < 1.29 is 9.47 Å². The molecule has 1 heterocycles. The number of hydrogen-bond donors (Lipinski definition) is 0. The van der Waals surface area contributed by atoms with Crippen LogP contribution in [-0.2, 0) is 11.8 Å². The molecule has 90 valence electrons. The molecule has 4 nitrogen and oxygen atoms in total. The number of aromatic nitrogens is 2. The van der Waals surface area contributed by atoms with Gasteiger partial charge < -0.3 is 9.47 Å². The van der Waals surface area contributed by atoms with Crippen molar-refractivity contribution in [3.05, 3.63) is 12.4 Å². The maximum absolute atomic E-state index is 6.09. The van der Waals surface area contributed by atoms with Crippen LogP contribution in [0.5, 0.6) is 5.75 Å². The largest absolute Gasteiger partial charge is 0.484 e. The average molecular weight is 245 g/mol. The fourth-order valence-electron chi connectivity index (χ4n) is 1.74. The first-order valence-electron chi connectivity index (χ1n) is 5.61. The Morgan fingerprint density at radius 1 is 1.62 bits per heavy atom. The summed E-state index contributed by atoms with van der Waals surface area (Å²) in [4.78, 5) is 0. The minimum atomic E-state index is 0.0156. The zero-order chi connectivity index (χ0) is 11.5. The third kappa shape index (κ3) is 2.50. The average Bonchev–Trinajstić information content (AvgIpc) is 2.64. The molecular formula is C11H17ClN2O2. The fourth-order valence-corrected chi connectivity index (χ4v) is 2.15. The predicted molar refractivity (Wildman–Crippen MR) is 61.9 cm³/mol. The van der Waals surface area contributed by atoms with Crippen molar-refractivity contribution in [2.45, 2.75) is 37.4 Å². The second kappa shape index (κ2) is 5.06. The molecule has 0 spiro atoms. The van der Waals surface area contributed by atoms with Crippen LogP contribution in [0.25, 0.3) is 0 Å². The van der Waals surface area contributed by atoms with E-state index in [0.29, 0.717) is 0 Å². The van der Waals surface area contributed by atoms with Gasteiger partial charge in [-0.2, -0.15) is 5.10 Å². The molecule has 1 aromatic rings. The highest BCUT2D eigenvalue weighted by Crippen LogP contribution is 2.32. The molecule has 1 aliphatic carbocycles. The number of rotatable bonds is 5. The van der Waals surface area contributed by atoms with E-state index in [1.54, 1.807) is 10.9 Å². The number of ether oxygens (including phenoxy) is 2. The van der Waals surface area contributed by atoms with Gasteiger partial charge in [0.25, 0.3) is 0 Å². The van der Waals surface area contributed by atoms with E-state index < -0.39 is 0 Å². The molecule has 0 N–H and O–H groups in total. The maximum Gasteiger partial charge on any atom is 0.157 e. The zero-order valence-corrected chi connectivity index (χ0v) is 10.4. The topological polar surface area (TPSA) is 36.3 Å². The summed E-state index contributed by atoms with van der Waals surface area (Å²) >= 11 is 6.09. The van der Waals surface area contributed by atoms with E-state index in [9.17, 15) is 0 Å². The van der Waals surface area contributed by atoms with Gasteiger partial charge in [0, 0.05) is 20.1 Å². The van der Waals surface area contributed by atoms with E-state index in [0.717, 1.165) is 25.2 Å². The first-order valence-corrected chi connectivity index (χ1v) is 6.05. The summed E-state index contributed by atoms with van der Waals surface area (Å²) in [5.74, 6) is 0.779. The van der Waals surface area contributed by atoms with Crippen LogP contribution in [0, 0.1) is 0 Å². The summed E-state index contributed by atoms with van der Waals surface area (Å²) in [6.07, 6.45) is 5.47. The Balaban J connectivity index is 1.86. The lowest BCUT2D eigenvalue weighted by Gasteiger charge is -2.40. The Kier molecular flexibility index (Phi) is 3.71. The van der Waals surface area contributed by atoms with Gasteiger partial charge in [-0.05, 0) is 6.42 Å². The summed E-state index contributed by atoms with van der Waals surface area (Å²) in [5.41, 5.74) is 0. The standard InChI is InChI=1S/C11H17ClN2O2/c1-3-4-15-11-9(12)5-10(11)16-8-6-13-14(2)7-8/h6-7,9-11H,3-5H2,1-2H3. The second-order valence-electron chi connectivity index (χ2n) is 4.09. The lowest BCUT2D eigenvalue weighted by atomic mass is 9.91. The van der Waals surface area contributed by atoms with Crippen molar-refractivity contribution in [3.8, 4) is 5.75 Å². The molecule has 0 bridgehead atoms. The summed E-state index contributed by atoms with van der Waals surface area (Å²) in [6.45, 7) is 2.82. The van der Waals surface area contributed by atoms with Crippen molar-refractivity contribution in [1.82, 2.24) is 9.78 Å². The normalized spacial score (nSPS) is 28.8. The molecule has 3 unspecified atom stereocenters. The zero-order valence-electron chi connectivity index (χ0n) is 9.60. The maximum atomic E-state index is 6.09. The Labute approximate surface area is 100 Å². The van der Waals surface area contributed by atoms with Crippen LogP contribution in [-0.4, -0.2) is 34.0 Å².